The number of halogens is 1. The van der Waals surface area contributed by atoms with Crippen molar-refractivity contribution in [2.45, 2.75) is 59.0 Å². The van der Waals surface area contributed by atoms with Gasteiger partial charge in [0.15, 0.2) is 0 Å². The molecule has 1 aromatic carbocycles. The molecule has 0 N–H and O–H groups in total. The zero-order chi connectivity index (χ0) is 19.8. The Kier molecular flexibility index (Phi) is 5.97. The van der Waals surface area contributed by atoms with Crippen molar-refractivity contribution in [3.05, 3.63) is 34.9 Å². The van der Waals surface area contributed by atoms with Crippen LogP contribution in [0.3, 0.4) is 0 Å². The number of benzene rings is 1. The summed E-state index contributed by atoms with van der Waals surface area (Å²) in [5.41, 5.74) is 1.56. The van der Waals surface area contributed by atoms with Gasteiger partial charge in [-0.25, -0.2) is 0 Å². The van der Waals surface area contributed by atoms with Crippen LogP contribution < -0.4 is 0 Å². The smallest absolute Gasteiger partial charge is 0.225 e. The lowest BCUT2D eigenvalue weighted by atomic mass is 9.62. The van der Waals surface area contributed by atoms with Crippen molar-refractivity contribution in [2.75, 3.05) is 19.6 Å². The lowest BCUT2D eigenvalue weighted by Gasteiger charge is -2.62. The highest BCUT2D eigenvalue weighted by molar-refractivity contribution is 6.30. The standard InChI is InChI=1S/C22H31ClN2O2/c1-15(2)25-14-22(20(25)18-5-7-19(23)8-6-18)9-11-24(12-10-22)21(27)16(3)13-17(4)26/h5-8,15-16,20H,9-14H2,1-4H3. The molecule has 0 aliphatic carbocycles. The average Bonchev–Trinajstić information content (AvgIpc) is 2.60. The molecular formula is C22H31ClN2O2. The van der Waals surface area contributed by atoms with Crippen LogP contribution in [0.4, 0.5) is 0 Å². The molecule has 1 spiro atoms. The van der Waals surface area contributed by atoms with Crippen LogP contribution >= 0.6 is 11.6 Å². The molecule has 2 heterocycles. The van der Waals surface area contributed by atoms with Crippen molar-refractivity contribution in [1.82, 2.24) is 9.80 Å². The number of carbonyl (C=O) groups excluding carboxylic acids is 2. The molecule has 2 aliphatic heterocycles. The Labute approximate surface area is 167 Å². The Morgan fingerprint density at radius 2 is 1.74 bits per heavy atom. The van der Waals surface area contributed by atoms with Crippen LogP contribution in [-0.4, -0.2) is 47.2 Å². The molecule has 4 nitrogen and oxygen atoms in total. The van der Waals surface area contributed by atoms with E-state index in [0.29, 0.717) is 18.5 Å². The summed E-state index contributed by atoms with van der Waals surface area (Å²) in [6.07, 6.45) is 2.37. The number of Topliss-reactive ketones (excluding diaryl/α,β-unsaturated/α-hetero) is 1. The van der Waals surface area contributed by atoms with Crippen LogP contribution in [0.15, 0.2) is 24.3 Å². The van der Waals surface area contributed by atoms with Crippen molar-refractivity contribution in [3.8, 4) is 0 Å². The van der Waals surface area contributed by atoms with Crippen LogP contribution in [0.5, 0.6) is 0 Å². The molecule has 2 fully saturated rings. The van der Waals surface area contributed by atoms with Gasteiger partial charge in [-0.05, 0) is 51.3 Å². The quantitative estimate of drug-likeness (QED) is 0.751. The van der Waals surface area contributed by atoms with E-state index in [1.54, 1.807) is 6.92 Å². The van der Waals surface area contributed by atoms with Gasteiger partial charge >= 0.3 is 0 Å². The summed E-state index contributed by atoms with van der Waals surface area (Å²) < 4.78 is 0. The summed E-state index contributed by atoms with van der Waals surface area (Å²) in [4.78, 5) is 28.5. The number of rotatable bonds is 5. The molecule has 3 rings (SSSR count). The van der Waals surface area contributed by atoms with Crippen LogP contribution in [-0.2, 0) is 9.59 Å². The Bertz CT molecular complexity index is 693. The first-order valence-corrected chi connectivity index (χ1v) is 10.4. The summed E-state index contributed by atoms with van der Waals surface area (Å²) >= 11 is 6.09. The zero-order valence-corrected chi connectivity index (χ0v) is 17.6. The second kappa shape index (κ2) is 7.92. The molecule has 1 aromatic rings. The minimum Gasteiger partial charge on any atom is -0.342 e. The molecule has 2 atom stereocenters. The van der Waals surface area contributed by atoms with Crippen molar-refractivity contribution in [3.63, 3.8) is 0 Å². The summed E-state index contributed by atoms with van der Waals surface area (Å²) in [5, 5.41) is 0.767. The van der Waals surface area contributed by atoms with Crippen LogP contribution in [0.25, 0.3) is 0 Å². The monoisotopic (exact) mass is 390 g/mol. The van der Waals surface area contributed by atoms with Gasteiger partial charge in [-0.2, -0.15) is 0 Å². The summed E-state index contributed by atoms with van der Waals surface area (Å²) in [5.74, 6) is -0.000928. The number of nitrogens with zero attached hydrogens (tertiary/aromatic N) is 2. The van der Waals surface area contributed by atoms with Gasteiger partial charge in [-0.3, -0.25) is 9.69 Å². The lowest BCUT2D eigenvalue weighted by molar-refractivity contribution is -0.151. The van der Waals surface area contributed by atoms with Gasteiger partial charge < -0.3 is 9.69 Å². The molecule has 148 valence electrons. The van der Waals surface area contributed by atoms with E-state index in [1.807, 2.05) is 24.0 Å². The van der Waals surface area contributed by atoms with E-state index in [2.05, 4.69) is 30.9 Å². The van der Waals surface area contributed by atoms with Crippen molar-refractivity contribution in [2.24, 2.45) is 11.3 Å². The Balaban J connectivity index is 1.71. The van der Waals surface area contributed by atoms with Crippen LogP contribution in [0.1, 0.15) is 58.6 Å². The molecule has 2 saturated heterocycles. The number of ketones is 1. The molecule has 0 bridgehead atoms. The minimum atomic E-state index is -0.211. The maximum Gasteiger partial charge on any atom is 0.225 e. The fourth-order valence-corrected chi connectivity index (χ4v) is 5.01. The molecular weight excluding hydrogens is 360 g/mol. The van der Waals surface area contributed by atoms with Gasteiger partial charge in [0.05, 0.1) is 0 Å². The highest BCUT2D eigenvalue weighted by Gasteiger charge is 2.54. The predicted molar refractivity (Wildman–Crippen MR) is 109 cm³/mol. The van der Waals surface area contributed by atoms with Gasteiger partial charge in [-0.15, -0.1) is 0 Å². The molecule has 27 heavy (non-hydrogen) atoms. The highest BCUT2D eigenvalue weighted by atomic mass is 35.5. The van der Waals surface area contributed by atoms with Crippen LogP contribution in [0, 0.1) is 11.3 Å². The van der Waals surface area contributed by atoms with E-state index < -0.39 is 0 Å². The third kappa shape index (κ3) is 4.07. The van der Waals surface area contributed by atoms with Crippen molar-refractivity contribution in [1.29, 1.82) is 0 Å². The molecule has 0 aromatic heterocycles. The first kappa shape index (κ1) is 20.3. The number of piperidine rings is 1. The van der Waals surface area contributed by atoms with E-state index >= 15 is 0 Å². The minimum absolute atomic E-state index is 0.0821. The molecule has 5 heteroatoms. The van der Waals surface area contributed by atoms with Gasteiger partial charge in [0.1, 0.15) is 5.78 Å². The summed E-state index contributed by atoms with van der Waals surface area (Å²) in [6, 6.07) is 9.13. The van der Waals surface area contributed by atoms with E-state index in [4.69, 9.17) is 11.6 Å². The zero-order valence-electron chi connectivity index (χ0n) is 16.9. The third-order valence-corrected chi connectivity index (χ3v) is 6.60. The van der Waals surface area contributed by atoms with E-state index in [9.17, 15) is 9.59 Å². The first-order valence-electron chi connectivity index (χ1n) is 10.0. The number of amides is 1. The summed E-state index contributed by atoms with van der Waals surface area (Å²) in [6.45, 7) is 10.6. The number of likely N-dealkylation sites (tertiary alicyclic amines) is 2. The highest BCUT2D eigenvalue weighted by Crippen LogP contribution is 2.55. The van der Waals surface area contributed by atoms with E-state index in [-0.39, 0.29) is 23.0 Å². The van der Waals surface area contributed by atoms with Gasteiger partial charge in [0.25, 0.3) is 0 Å². The molecule has 0 saturated carbocycles. The predicted octanol–water partition coefficient (Wildman–Crippen LogP) is 4.33. The van der Waals surface area contributed by atoms with Gasteiger partial charge in [0, 0.05) is 54.5 Å². The fraction of sp³-hybridized carbons (Fsp3) is 0.636. The number of hydrogen-bond acceptors (Lipinski definition) is 3. The maximum atomic E-state index is 12.7. The Morgan fingerprint density at radius 3 is 2.26 bits per heavy atom. The molecule has 0 radical (unpaired) electrons. The maximum absolute atomic E-state index is 12.7. The molecule has 2 unspecified atom stereocenters. The van der Waals surface area contributed by atoms with Gasteiger partial charge in [-0.1, -0.05) is 30.7 Å². The topological polar surface area (TPSA) is 40.6 Å². The number of carbonyl (C=O) groups is 2. The van der Waals surface area contributed by atoms with E-state index in [0.717, 1.165) is 37.5 Å². The number of hydrogen-bond donors (Lipinski definition) is 0. The van der Waals surface area contributed by atoms with Crippen molar-refractivity contribution >= 4 is 23.3 Å². The second-order valence-corrected chi connectivity index (χ2v) is 9.15. The lowest BCUT2D eigenvalue weighted by Crippen LogP contribution is -2.64. The Hall–Kier alpha value is -1.39. The normalized spacial score (nSPS) is 23.3. The average molecular weight is 391 g/mol. The third-order valence-electron chi connectivity index (χ3n) is 6.34. The molecule has 2 aliphatic rings. The summed E-state index contributed by atoms with van der Waals surface area (Å²) in [7, 11) is 0. The first-order chi connectivity index (χ1) is 12.7. The van der Waals surface area contributed by atoms with Gasteiger partial charge in [0.2, 0.25) is 5.91 Å². The van der Waals surface area contributed by atoms with Crippen molar-refractivity contribution < 1.29 is 9.59 Å². The largest absolute Gasteiger partial charge is 0.342 e. The van der Waals surface area contributed by atoms with Crippen LogP contribution in [0.2, 0.25) is 5.02 Å². The Morgan fingerprint density at radius 1 is 1.15 bits per heavy atom. The molecule has 1 amide bonds. The second-order valence-electron chi connectivity index (χ2n) is 8.72. The SMILES string of the molecule is CC(=O)CC(C)C(=O)N1CCC2(CC1)CN(C(C)C)C2c1ccc(Cl)cc1. The van der Waals surface area contributed by atoms with E-state index in [1.165, 1.54) is 5.56 Å². The fourth-order valence-electron chi connectivity index (χ4n) is 4.89.